The number of amidine groups is 1. The van der Waals surface area contributed by atoms with Crippen LogP contribution in [0, 0.1) is 10.1 Å². The summed E-state index contributed by atoms with van der Waals surface area (Å²) in [5.41, 5.74) is 1.65. The van der Waals surface area contributed by atoms with Crippen LogP contribution in [0.5, 0.6) is 0 Å². The Bertz CT molecular complexity index is 656. The molecule has 0 saturated carbocycles. The van der Waals surface area contributed by atoms with E-state index >= 15 is 0 Å². The molecule has 0 amide bonds. The first kappa shape index (κ1) is 16.7. The van der Waals surface area contributed by atoms with Crippen LogP contribution in [-0.2, 0) is 5.75 Å². The molecular formula is C14H18N4O2S2. The summed E-state index contributed by atoms with van der Waals surface area (Å²) in [6.07, 6.45) is 0. The molecule has 1 N–H and O–H groups in total. The van der Waals surface area contributed by atoms with Crippen LogP contribution in [0.2, 0.25) is 0 Å². The Morgan fingerprint density at radius 3 is 2.64 bits per heavy atom. The zero-order valence-electron chi connectivity index (χ0n) is 12.9. The summed E-state index contributed by atoms with van der Waals surface area (Å²) in [7, 11) is 3.74. The van der Waals surface area contributed by atoms with Gasteiger partial charge < -0.3 is 10.2 Å². The molecule has 0 atom stereocenters. The summed E-state index contributed by atoms with van der Waals surface area (Å²) in [6.45, 7) is 3.98. The first-order chi connectivity index (χ1) is 10.2. The monoisotopic (exact) mass is 338 g/mol. The number of anilines is 1. The number of hydrogen-bond acceptors (Lipinski definition) is 6. The van der Waals surface area contributed by atoms with Crippen molar-refractivity contribution < 1.29 is 4.92 Å². The highest BCUT2D eigenvalue weighted by Gasteiger charge is 2.31. The average Bonchev–Trinajstić information content (AvgIpc) is 2.69. The minimum absolute atomic E-state index is 0.0936. The molecule has 6 nitrogen and oxygen atoms in total. The summed E-state index contributed by atoms with van der Waals surface area (Å²) in [5.74, 6) is 0.663. The van der Waals surface area contributed by atoms with Crippen molar-refractivity contribution in [3.63, 3.8) is 0 Å². The van der Waals surface area contributed by atoms with E-state index in [-0.39, 0.29) is 16.1 Å². The number of benzene rings is 1. The van der Waals surface area contributed by atoms with Crippen LogP contribution < -0.4 is 10.2 Å². The van der Waals surface area contributed by atoms with E-state index in [2.05, 4.69) is 10.3 Å². The van der Waals surface area contributed by atoms with E-state index in [1.165, 1.54) is 6.07 Å². The van der Waals surface area contributed by atoms with Gasteiger partial charge in [0.2, 0.25) is 0 Å². The number of aliphatic imine (C=N–C) groups is 1. The maximum Gasteiger partial charge on any atom is 0.271 e. The molecular weight excluding hydrogens is 320 g/mol. The highest BCUT2D eigenvalue weighted by molar-refractivity contribution is 8.13. The van der Waals surface area contributed by atoms with E-state index in [4.69, 9.17) is 12.2 Å². The maximum absolute atomic E-state index is 10.9. The molecule has 118 valence electrons. The molecule has 1 aliphatic heterocycles. The molecule has 1 aliphatic rings. The zero-order valence-corrected chi connectivity index (χ0v) is 14.5. The lowest BCUT2D eigenvalue weighted by Crippen LogP contribution is -2.40. The van der Waals surface area contributed by atoms with E-state index in [1.807, 2.05) is 32.8 Å². The van der Waals surface area contributed by atoms with E-state index in [0.717, 1.165) is 16.4 Å². The van der Waals surface area contributed by atoms with Gasteiger partial charge in [-0.05, 0) is 25.5 Å². The summed E-state index contributed by atoms with van der Waals surface area (Å²) in [5, 5.41) is 15.0. The number of rotatable bonds is 4. The fraction of sp³-hybridized carbons (Fsp3) is 0.429. The molecule has 1 aromatic rings. The largest absolute Gasteiger partial charge is 0.377 e. The Kier molecular flexibility index (Phi) is 4.72. The van der Waals surface area contributed by atoms with Crippen molar-refractivity contribution in [2.75, 3.05) is 19.0 Å². The standard InChI is InChI=1S/C14H18N4O2S2/c1-14(2)12(21)15-13(16-14)22-8-9-5-6-10(18(19)20)7-11(9)17(3)4/h5-7H,8H2,1-4H3,(H,15,16,21). The van der Waals surface area contributed by atoms with Crippen molar-refractivity contribution >= 4 is 45.5 Å². The molecule has 0 aliphatic carbocycles. The van der Waals surface area contributed by atoms with E-state index in [9.17, 15) is 10.1 Å². The second kappa shape index (κ2) is 6.21. The SMILES string of the molecule is CN(C)c1cc([N+](=O)[O-])ccc1CSC1=NC(=S)C(C)(C)N1. The van der Waals surface area contributed by atoms with Crippen LogP contribution in [0.1, 0.15) is 19.4 Å². The highest BCUT2D eigenvalue weighted by atomic mass is 32.2. The third-order valence-corrected chi connectivity index (χ3v) is 4.81. The minimum Gasteiger partial charge on any atom is -0.377 e. The Hall–Kier alpha value is -1.67. The van der Waals surface area contributed by atoms with E-state index in [0.29, 0.717) is 10.7 Å². The van der Waals surface area contributed by atoms with Gasteiger partial charge in [0.05, 0.1) is 10.5 Å². The number of hydrogen-bond donors (Lipinski definition) is 1. The van der Waals surface area contributed by atoms with Crippen molar-refractivity contribution in [3.05, 3.63) is 33.9 Å². The van der Waals surface area contributed by atoms with Gasteiger partial charge in [-0.3, -0.25) is 10.1 Å². The third-order valence-electron chi connectivity index (χ3n) is 3.28. The van der Waals surface area contributed by atoms with Crippen molar-refractivity contribution in [2.45, 2.75) is 25.1 Å². The van der Waals surface area contributed by atoms with Gasteiger partial charge >= 0.3 is 0 Å². The molecule has 0 aromatic heterocycles. The summed E-state index contributed by atoms with van der Waals surface area (Å²) in [6, 6.07) is 4.91. The predicted octanol–water partition coefficient (Wildman–Crippen LogP) is 2.96. The quantitative estimate of drug-likeness (QED) is 0.517. The summed E-state index contributed by atoms with van der Waals surface area (Å²) < 4.78 is 0. The molecule has 1 aromatic carbocycles. The minimum atomic E-state index is -0.381. The lowest BCUT2D eigenvalue weighted by Gasteiger charge is -2.19. The number of thioether (sulfide) groups is 1. The topological polar surface area (TPSA) is 70.8 Å². The number of non-ortho nitro benzene ring substituents is 1. The second-order valence-electron chi connectivity index (χ2n) is 5.73. The molecule has 0 bridgehead atoms. The van der Waals surface area contributed by atoms with Crippen LogP contribution in [0.15, 0.2) is 23.2 Å². The van der Waals surface area contributed by atoms with Crippen LogP contribution in [0.4, 0.5) is 11.4 Å². The third kappa shape index (κ3) is 3.56. The maximum atomic E-state index is 10.9. The Morgan fingerprint density at radius 2 is 2.14 bits per heavy atom. The fourth-order valence-corrected chi connectivity index (χ4v) is 3.22. The van der Waals surface area contributed by atoms with E-state index in [1.54, 1.807) is 23.9 Å². The van der Waals surface area contributed by atoms with Gasteiger partial charge in [-0.2, -0.15) is 0 Å². The number of nitrogens with one attached hydrogen (secondary N) is 1. The Labute approximate surface area is 139 Å². The van der Waals surface area contributed by atoms with Gasteiger partial charge in [-0.1, -0.05) is 24.0 Å². The molecule has 0 radical (unpaired) electrons. The van der Waals surface area contributed by atoms with Gasteiger partial charge in [-0.25, -0.2) is 4.99 Å². The second-order valence-corrected chi connectivity index (χ2v) is 7.08. The number of nitro groups is 1. The van der Waals surface area contributed by atoms with Crippen molar-refractivity contribution in [3.8, 4) is 0 Å². The lowest BCUT2D eigenvalue weighted by atomic mass is 10.1. The molecule has 0 fully saturated rings. The first-order valence-electron chi connectivity index (χ1n) is 6.69. The molecule has 8 heteroatoms. The smallest absolute Gasteiger partial charge is 0.271 e. The highest BCUT2D eigenvalue weighted by Crippen LogP contribution is 2.29. The normalized spacial score (nSPS) is 16.2. The van der Waals surface area contributed by atoms with Crippen LogP contribution in [0.25, 0.3) is 0 Å². The molecule has 22 heavy (non-hydrogen) atoms. The Balaban J connectivity index is 2.15. The van der Waals surface area contributed by atoms with E-state index < -0.39 is 0 Å². The average molecular weight is 338 g/mol. The van der Waals surface area contributed by atoms with Crippen LogP contribution in [-0.4, -0.2) is 34.7 Å². The first-order valence-corrected chi connectivity index (χ1v) is 8.09. The van der Waals surface area contributed by atoms with Crippen LogP contribution >= 0.6 is 24.0 Å². The van der Waals surface area contributed by atoms with Crippen molar-refractivity contribution in [1.82, 2.24) is 5.32 Å². The number of nitrogens with zero attached hydrogens (tertiary/aromatic N) is 3. The molecule has 1 heterocycles. The summed E-state index contributed by atoms with van der Waals surface area (Å²) in [4.78, 5) is 17.4. The number of thiocarbonyl (C=S) groups is 1. The molecule has 0 spiro atoms. The summed E-state index contributed by atoms with van der Waals surface area (Å²) >= 11 is 6.77. The van der Waals surface area contributed by atoms with Crippen molar-refractivity contribution in [2.24, 2.45) is 4.99 Å². The molecule has 2 rings (SSSR count). The van der Waals surface area contributed by atoms with Gasteiger partial charge in [-0.15, -0.1) is 0 Å². The fourth-order valence-electron chi connectivity index (χ4n) is 2.00. The number of nitro benzene ring substituents is 1. The van der Waals surface area contributed by atoms with Gasteiger partial charge in [0.15, 0.2) is 5.17 Å². The zero-order chi connectivity index (χ0) is 16.5. The van der Waals surface area contributed by atoms with Gasteiger partial charge in [0.1, 0.15) is 4.99 Å². The Morgan fingerprint density at radius 1 is 1.45 bits per heavy atom. The van der Waals surface area contributed by atoms with Crippen molar-refractivity contribution in [1.29, 1.82) is 0 Å². The molecule has 0 unspecified atom stereocenters. The molecule has 0 saturated heterocycles. The van der Waals surface area contributed by atoms with Crippen LogP contribution in [0.3, 0.4) is 0 Å². The lowest BCUT2D eigenvalue weighted by molar-refractivity contribution is -0.384. The van der Waals surface area contributed by atoms with Gasteiger partial charge in [0.25, 0.3) is 5.69 Å². The van der Waals surface area contributed by atoms with Gasteiger partial charge in [0, 0.05) is 37.7 Å². The predicted molar refractivity (Wildman–Crippen MR) is 96.0 cm³/mol.